The lowest BCUT2D eigenvalue weighted by Gasteiger charge is -2.25. The highest BCUT2D eigenvalue weighted by Gasteiger charge is 2.16. The van der Waals surface area contributed by atoms with Gasteiger partial charge in [0.2, 0.25) is 0 Å². The van der Waals surface area contributed by atoms with Gasteiger partial charge in [0.05, 0.1) is 0 Å². The standard InChI is InChI=1S/C12H16ClN/c13-8-11-5-2-6-12(7-11)14-9-10-3-1-4-10/h2,5-7,10,14H,1,3-4,8-9H2. The number of hydrogen-bond donors (Lipinski definition) is 1. The van der Waals surface area contributed by atoms with Crippen molar-refractivity contribution in [3.8, 4) is 0 Å². The molecule has 2 rings (SSSR count). The van der Waals surface area contributed by atoms with Gasteiger partial charge in [0.15, 0.2) is 0 Å². The third kappa shape index (κ3) is 2.42. The average Bonchev–Trinajstić information content (AvgIpc) is 2.16. The highest BCUT2D eigenvalue weighted by molar-refractivity contribution is 6.17. The summed E-state index contributed by atoms with van der Waals surface area (Å²) in [5.74, 6) is 1.49. The molecule has 0 bridgehead atoms. The second kappa shape index (κ2) is 4.70. The van der Waals surface area contributed by atoms with Crippen LogP contribution in [0.5, 0.6) is 0 Å². The number of anilines is 1. The first-order valence-electron chi connectivity index (χ1n) is 5.27. The smallest absolute Gasteiger partial charge is 0.0474 e. The van der Waals surface area contributed by atoms with Crippen molar-refractivity contribution >= 4 is 17.3 Å². The first-order chi connectivity index (χ1) is 6.88. The van der Waals surface area contributed by atoms with Gasteiger partial charge in [0.1, 0.15) is 0 Å². The van der Waals surface area contributed by atoms with Crippen LogP contribution in [-0.2, 0) is 5.88 Å². The van der Waals surface area contributed by atoms with E-state index in [1.165, 1.54) is 30.5 Å². The number of hydrogen-bond acceptors (Lipinski definition) is 1. The Morgan fingerprint density at radius 2 is 2.21 bits per heavy atom. The van der Waals surface area contributed by atoms with Gasteiger partial charge in [-0.1, -0.05) is 18.6 Å². The van der Waals surface area contributed by atoms with Gasteiger partial charge in [0.25, 0.3) is 0 Å². The highest BCUT2D eigenvalue weighted by atomic mass is 35.5. The maximum absolute atomic E-state index is 5.77. The lowest BCUT2D eigenvalue weighted by Crippen LogP contribution is -2.20. The summed E-state index contributed by atoms with van der Waals surface area (Å²) in [7, 11) is 0. The average molecular weight is 210 g/mol. The summed E-state index contributed by atoms with van der Waals surface area (Å²) in [4.78, 5) is 0. The van der Waals surface area contributed by atoms with E-state index in [4.69, 9.17) is 11.6 Å². The van der Waals surface area contributed by atoms with Crippen molar-refractivity contribution in [3.05, 3.63) is 29.8 Å². The maximum Gasteiger partial charge on any atom is 0.0474 e. The number of nitrogens with one attached hydrogen (secondary N) is 1. The van der Waals surface area contributed by atoms with Crippen molar-refractivity contribution in [2.75, 3.05) is 11.9 Å². The van der Waals surface area contributed by atoms with E-state index in [1.807, 2.05) is 0 Å². The van der Waals surface area contributed by atoms with Gasteiger partial charge in [-0.05, 0) is 36.5 Å². The van der Waals surface area contributed by atoms with Crippen molar-refractivity contribution in [2.24, 2.45) is 5.92 Å². The van der Waals surface area contributed by atoms with Crippen molar-refractivity contribution in [3.63, 3.8) is 0 Å². The monoisotopic (exact) mass is 209 g/mol. The van der Waals surface area contributed by atoms with E-state index < -0.39 is 0 Å². The molecule has 1 aliphatic rings. The van der Waals surface area contributed by atoms with Gasteiger partial charge in [-0.2, -0.15) is 0 Å². The lowest BCUT2D eigenvalue weighted by atomic mass is 9.85. The Bertz CT molecular complexity index is 294. The Hall–Kier alpha value is -0.690. The number of benzene rings is 1. The topological polar surface area (TPSA) is 12.0 Å². The predicted octanol–water partition coefficient (Wildman–Crippen LogP) is 3.64. The van der Waals surface area contributed by atoms with Crippen LogP contribution in [0.4, 0.5) is 5.69 Å². The number of rotatable bonds is 4. The van der Waals surface area contributed by atoms with Gasteiger partial charge in [0, 0.05) is 18.1 Å². The second-order valence-electron chi connectivity index (χ2n) is 4.01. The third-order valence-corrected chi connectivity index (χ3v) is 3.21. The fraction of sp³-hybridized carbons (Fsp3) is 0.500. The quantitative estimate of drug-likeness (QED) is 0.747. The van der Waals surface area contributed by atoms with E-state index in [1.54, 1.807) is 0 Å². The number of alkyl halides is 1. The summed E-state index contributed by atoms with van der Waals surface area (Å²) in [6.07, 6.45) is 4.19. The summed E-state index contributed by atoms with van der Waals surface area (Å²) >= 11 is 5.77. The minimum atomic E-state index is 0.596. The van der Waals surface area contributed by atoms with Crippen molar-refractivity contribution in [1.82, 2.24) is 0 Å². The van der Waals surface area contributed by atoms with E-state index in [0.29, 0.717) is 5.88 Å². The van der Waals surface area contributed by atoms with Crippen LogP contribution in [-0.4, -0.2) is 6.54 Å². The molecule has 0 aromatic heterocycles. The summed E-state index contributed by atoms with van der Waals surface area (Å²) < 4.78 is 0. The van der Waals surface area contributed by atoms with Crippen molar-refractivity contribution in [2.45, 2.75) is 25.1 Å². The zero-order valence-electron chi connectivity index (χ0n) is 8.30. The third-order valence-electron chi connectivity index (χ3n) is 2.90. The maximum atomic E-state index is 5.77. The molecular formula is C12H16ClN. The molecule has 0 unspecified atom stereocenters. The summed E-state index contributed by atoms with van der Waals surface area (Å²) in [5.41, 5.74) is 2.39. The van der Waals surface area contributed by atoms with Crippen LogP contribution < -0.4 is 5.32 Å². The van der Waals surface area contributed by atoms with Gasteiger partial charge < -0.3 is 5.32 Å². The Labute approximate surface area is 90.5 Å². The van der Waals surface area contributed by atoms with E-state index >= 15 is 0 Å². The van der Waals surface area contributed by atoms with E-state index in [2.05, 4.69) is 29.6 Å². The molecule has 1 nitrogen and oxygen atoms in total. The van der Waals surface area contributed by atoms with Gasteiger partial charge in [-0.15, -0.1) is 11.6 Å². The first-order valence-corrected chi connectivity index (χ1v) is 5.81. The van der Waals surface area contributed by atoms with Crippen LogP contribution in [0.3, 0.4) is 0 Å². The lowest BCUT2D eigenvalue weighted by molar-refractivity contribution is 0.333. The van der Waals surface area contributed by atoms with E-state index in [-0.39, 0.29) is 0 Å². The molecule has 0 aliphatic heterocycles. The first kappa shape index (κ1) is 9.85. The van der Waals surface area contributed by atoms with Gasteiger partial charge in [-0.3, -0.25) is 0 Å². The Balaban J connectivity index is 1.87. The highest BCUT2D eigenvalue weighted by Crippen LogP contribution is 2.26. The van der Waals surface area contributed by atoms with Crippen LogP contribution in [0.1, 0.15) is 24.8 Å². The fourth-order valence-corrected chi connectivity index (χ4v) is 1.89. The molecule has 1 aromatic rings. The van der Waals surface area contributed by atoms with Crippen LogP contribution in [0.25, 0.3) is 0 Å². The van der Waals surface area contributed by atoms with Crippen molar-refractivity contribution < 1.29 is 0 Å². The minimum absolute atomic E-state index is 0.596. The largest absolute Gasteiger partial charge is 0.385 e. The molecule has 1 aromatic carbocycles. The zero-order valence-corrected chi connectivity index (χ0v) is 9.06. The van der Waals surface area contributed by atoms with Crippen LogP contribution in [0.2, 0.25) is 0 Å². The normalized spacial score (nSPS) is 16.4. The van der Waals surface area contributed by atoms with Gasteiger partial charge in [-0.25, -0.2) is 0 Å². The molecule has 0 atom stereocenters. The Morgan fingerprint density at radius 3 is 2.86 bits per heavy atom. The Morgan fingerprint density at radius 1 is 1.36 bits per heavy atom. The second-order valence-corrected chi connectivity index (χ2v) is 4.28. The molecule has 0 spiro atoms. The molecule has 0 radical (unpaired) electrons. The minimum Gasteiger partial charge on any atom is -0.385 e. The van der Waals surface area contributed by atoms with Crippen LogP contribution in [0.15, 0.2) is 24.3 Å². The fourth-order valence-electron chi connectivity index (χ4n) is 1.72. The van der Waals surface area contributed by atoms with E-state index in [0.717, 1.165) is 12.5 Å². The molecule has 0 amide bonds. The molecule has 2 heteroatoms. The molecule has 1 aliphatic carbocycles. The molecule has 1 saturated carbocycles. The molecule has 0 saturated heterocycles. The molecule has 14 heavy (non-hydrogen) atoms. The summed E-state index contributed by atoms with van der Waals surface area (Å²) in [5, 5.41) is 3.46. The predicted molar refractivity (Wildman–Crippen MR) is 61.8 cm³/mol. The van der Waals surface area contributed by atoms with Gasteiger partial charge >= 0.3 is 0 Å². The molecule has 1 fully saturated rings. The summed E-state index contributed by atoms with van der Waals surface area (Å²) in [6, 6.07) is 8.35. The van der Waals surface area contributed by atoms with E-state index in [9.17, 15) is 0 Å². The summed E-state index contributed by atoms with van der Waals surface area (Å²) in [6.45, 7) is 1.12. The molecular weight excluding hydrogens is 194 g/mol. The molecule has 1 N–H and O–H groups in total. The Kier molecular flexibility index (Phi) is 3.30. The van der Waals surface area contributed by atoms with Crippen LogP contribution in [0, 0.1) is 5.92 Å². The molecule has 76 valence electrons. The molecule has 0 heterocycles. The zero-order chi connectivity index (χ0) is 9.80. The number of halogens is 1. The SMILES string of the molecule is ClCc1cccc(NCC2CCC2)c1. The van der Waals surface area contributed by atoms with Crippen LogP contribution >= 0.6 is 11.6 Å². The van der Waals surface area contributed by atoms with Crippen molar-refractivity contribution in [1.29, 1.82) is 0 Å².